The van der Waals surface area contributed by atoms with Crippen LogP contribution in [-0.2, 0) is 4.79 Å². The Morgan fingerprint density at radius 2 is 2.35 bits per heavy atom. The Bertz CT molecular complexity index is 256. The summed E-state index contributed by atoms with van der Waals surface area (Å²) >= 11 is 0. The molecule has 1 amide bonds. The molecule has 0 radical (unpaired) electrons. The van der Waals surface area contributed by atoms with E-state index in [1.807, 2.05) is 25.8 Å². The van der Waals surface area contributed by atoms with E-state index in [0.29, 0.717) is 13.1 Å². The van der Waals surface area contributed by atoms with Gasteiger partial charge in [-0.2, -0.15) is 0 Å². The van der Waals surface area contributed by atoms with Crippen molar-refractivity contribution in [1.29, 1.82) is 0 Å². The van der Waals surface area contributed by atoms with Crippen LogP contribution in [0.5, 0.6) is 0 Å². The first kappa shape index (κ1) is 14.4. The van der Waals surface area contributed by atoms with E-state index in [1.165, 1.54) is 0 Å². The van der Waals surface area contributed by atoms with Crippen LogP contribution in [0.1, 0.15) is 26.7 Å². The third-order valence-corrected chi connectivity index (χ3v) is 3.36. The minimum atomic E-state index is -0.717. The van der Waals surface area contributed by atoms with E-state index in [9.17, 15) is 9.90 Å². The Balaban J connectivity index is 2.45. The Morgan fingerprint density at radius 3 is 2.94 bits per heavy atom. The lowest BCUT2D eigenvalue weighted by Crippen LogP contribution is -2.60. The summed E-state index contributed by atoms with van der Waals surface area (Å²) in [5.41, 5.74) is -0.717. The van der Waals surface area contributed by atoms with Gasteiger partial charge in [0.05, 0.1) is 18.2 Å². The first-order valence-corrected chi connectivity index (χ1v) is 6.37. The topological polar surface area (TPSA) is 64.6 Å². The molecule has 2 atom stereocenters. The molecule has 0 saturated carbocycles. The number of carbonyl (C=O) groups excluding carboxylic acids is 1. The molecule has 0 aromatic rings. The number of hydrogen-bond donors (Lipinski definition) is 3. The quantitative estimate of drug-likeness (QED) is 0.612. The van der Waals surface area contributed by atoms with Gasteiger partial charge in [0.15, 0.2) is 0 Å². The van der Waals surface area contributed by atoms with Crippen molar-refractivity contribution in [2.45, 2.75) is 38.3 Å². The second-order valence-electron chi connectivity index (χ2n) is 5.09. The highest BCUT2D eigenvalue weighted by Gasteiger charge is 2.37. The van der Waals surface area contributed by atoms with E-state index in [0.717, 1.165) is 25.9 Å². The van der Waals surface area contributed by atoms with Crippen molar-refractivity contribution in [3.05, 3.63) is 0 Å². The lowest BCUT2D eigenvalue weighted by molar-refractivity contribution is -0.124. The summed E-state index contributed by atoms with van der Waals surface area (Å²) in [6.07, 6.45) is 1.66. The van der Waals surface area contributed by atoms with Crippen LogP contribution in [0.15, 0.2) is 0 Å². The van der Waals surface area contributed by atoms with Crippen LogP contribution in [0.3, 0.4) is 0 Å². The summed E-state index contributed by atoms with van der Waals surface area (Å²) in [5, 5.41) is 16.4. The smallest absolute Gasteiger partial charge is 0.234 e. The van der Waals surface area contributed by atoms with Crippen molar-refractivity contribution >= 4 is 5.91 Å². The molecule has 0 aliphatic carbocycles. The Hall–Kier alpha value is -0.650. The largest absolute Gasteiger partial charge is 0.388 e. The molecular weight excluding hydrogens is 218 g/mol. The van der Waals surface area contributed by atoms with E-state index in [1.54, 1.807) is 0 Å². The number of hydrogen-bond acceptors (Lipinski definition) is 4. The van der Waals surface area contributed by atoms with E-state index in [2.05, 4.69) is 10.6 Å². The predicted octanol–water partition coefficient (Wildman–Crippen LogP) is -0.443. The summed E-state index contributed by atoms with van der Waals surface area (Å²) in [6.45, 7) is 6.48. The molecule has 0 spiro atoms. The maximum atomic E-state index is 11.6. The van der Waals surface area contributed by atoms with Gasteiger partial charge in [0.25, 0.3) is 0 Å². The second-order valence-corrected chi connectivity index (χ2v) is 5.09. The number of nitrogens with one attached hydrogen (secondary N) is 2. The zero-order chi connectivity index (χ0) is 12.9. The number of nitrogens with zero attached hydrogens (tertiary/aromatic N) is 1. The second kappa shape index (κ2) is 6.33. The molecule has 1 saturated heterocycles. The van der Waals surface area contributed by atoms with Crippen molar-refractivity contribution in [2.75, 3.05) is 33.2 Å². The van der Waals surface area contributed by atoms with Gasteiger partial charge in [-0.1, -0.05) is 6.92 Å². The van der Waals surface area contributed by atoms with E-state index in [-0.39, 0.29) is 11.9 Å². The molecule has 1 fully saturated rings. The first-order valence-electron chi connectivity index (χ1n) is 6.37. The monoisotopic (exact) mass is 243 g/mol. The van der Waals surface area contributed by atoms with Gasteiger partial charge in [-0.15, -0.1) is 0 Å². The Kier molecular flexibility index (Phi) is 5.36. The summed E-state index contributed by atoms with van der Waals surface area (Å²) in [4.78, 5) is 13.5. The van der Waals surface area contributed by atoms with Gasteiger partial charge < -0.3 is 15.7 Å². The van der Waals surface area contributed by atoms with Crippen LogP contribution in [0.2, 0.25) is 0 Å². The SMILES string of the molecule is CCCNC(=O)CN(C)C1CNCCC1(C)O. The van der Waals surface area contributed by atoms with Gasteiger partial charge in [-0.3, -0.25) is 9.69 Å². The van der Waals surface area contributed by atoms with E-state index >= 15 is 0 Å². The fraction of sp³-hybridized carbons (Fsp3) is 0.917. The van der Waals surface area contributed by atoms with Crippen LogP contribution >= 0.6 is 0 Å². The van der Waals surface area contributed by atoms with E-state index < -0.39 is 5.60 Å². The van der Waals surface area contributed by atoms with Gasteiger partial charge in [0.1, 0.15) is 0 Å². The minimum Gasteiger partial charge on any atom is -0.388 e. The number of rotatable bonds is 5. The summed E-state index contributed by atoms with van der Waals surface area (Å²) in [6, 6.07) is -0.0105. The third kappa shape index (κ3) is 4.26. The van der Waals surface area contributed by atoms with Crippen LogP contribution in [0, 0.1) is 0 Å². The predicted molar refractivity (Wildman–Crippen MR) is 67.8 cm³/mol. The number of carbonyl (C=O) groups is 1. The molecule has 0 aromatic heterocycles. The molecule has 2 unspecified atom stereocenters. The van der Waals surface area contributed by atoms with Gasteiger partial charge >= 0.3 is 0 Å². The van der Waals surface area contributed by atoms with Crippen molar-refractivity contribution in [1.82, 2.24) is 15.5 Å². The molecule has 0 aromatic carbocycles. The highest BCUT2D eigenvalue weighted by molar-refractivity contribution is 5.78. The maximum Gasteiger partial charge on any atom is 0.234 e. The Morgan fingerprint density at radius 1 is 1.65 bits per heavy atom. The number of piperidine rings is 1. The molecule has 0 bridgehead atoms. The maximum absolute atomic E-state index is 11.6. The first-order chi connectivity index (χ1) is 7.97. The third-order valence-electron chi connectivity index (χ3n) is 3.36. The average Bonchev–Trinajstić information content (AvgIpc) is 2.25. The minimum absolute atomic E-state index is 0.0105. The lowest BCUT2D eigenvalue weighted by Gasteiger charge is -2.42. The van der Waals surface area contributed by atoms with Crippen LogP contribution in [-0.4, -0.2) is 60.8 Å². The molecule has 3 N–H and O–H groups in total. The molecule has 1 heterocycles. The molecule has 17 heavy (non-hydrogen) atoms. The number of likely N-dealkylation sites (N-methyl/N-ethyl adjacent to an activating group) is 1. The van der Waals surface area contributed by atoms with Crippen LogP contribution in [0.25, 0.3) is 0 Å². The van der Waals surface area contributed by atoms with Gasteiger partial charge in [0.2, 0.25) is 5.91 Å². The van der Waals surface area contributed by atoms with E-state index in [4.69, 9.17) is 0 Å². The van der Waals surface area contributed by atoms with Gasteiger partial charge in [-0.25, -0.2) is 0 Å². The van der Waals surface area contributed by atoms with Crippen molar-refractivity contribution in [3.63, 3.8) is 0 Å². The van der Waals surface area contributed by atoms with Crippen LogP contribution < -0.4 is 10.6 Å². The molecule has 1 aliphatic heterocycles. The fourth-order valence-electron chi connectivity index (χ4n) is 2.25. The zero-order valence-electron chi connectivity index (χ0n) is 11.1. The molecule has 5 heteroatoms. The molecule has 1 aliphatic rings. The van der Waals surface area contributed by atoms with Crippen LogP contribution in [0.4, 0.5) is 0 Å². The van der Waals surface area contributed by atoms with Crippen molar-refractivity contribution < 1.29 is 9.90 Å². The number of aliphatic hydroxyl groups is 1. The molecule has 5 nitrogen and oxygen atoms in total. The van der Waals surface area contributed by atoms with Gasteiger partial charge in [0, 0.05) is 13.1 Å². The normalized spacial score (nSPS) is 29.4. The fourth-order valence-corrected chi connectivity index (χ4v) is 2.25. The standard InChI is InChI=1S/C12H25N3O2/c1-4-6-14-11(16)9-15(3)10-8-13-7-5-12(10,2)17/h10,13,17H,4-9H2,1-3H3,(H,14,16). The van der Waals surface area contributed by atoms with Crippen molar-refractivity contribution in [3.8, 4) is 0 Å². The molecular formula is C12H25N3O2. The lowest BCUT2D eigenvalue weighted by atomic mass is 9.88. The van der Waals surface area contributed by atoms with Crippen molar-refractivity contribution in [2.24, 2.45) is 0 Å². The molecule has 1 rings (SSSR count). The summed E-state index contributed by atoms with van der Waals surface area (Å²) in [7, 11) is 1.89. The average molecular weight is 243 g/mol. The highest BCUT2D eigenvalue weighted by Crippen LogP contribution is 2.21. The number of amides is 1. The highest BCUT2D eigenvalue weighted by atomic mass is 16.3. The summed E-state index contributed by atoms with van der Waals surface area (Å²) < 4.78 is 0. The summed E-state index contributed by atoms with van der Waals surface area (Å²) in [5.74, 6) is 0.0238. The molecule has 100 valence electrons. The Labute approximate surface area is 104 Å². The van der Waals surface area contributed by atoms with Gasteiger partial charge in [-0.05, 0) is 33.4 Å². The zero-order valence-corrected chi connectivity index (χ0v) is 11.1.